The first-order valence-electron chi connectivity index (χ1n) is 10.7. The number of imidazole rings is 1. The van der Waals surface area contributed by atoms with Crippen molar-refractivity contribution in [3.63, 3.8) is 0 Å². The number of H-pyrrole nitrogens is 1. The molecule has 1 saturated carbocycles. The molecule has 6 nitrogen and oxygen atoms in total. The first-order chi connectivity index (χ1) is 14.7. The highest BCUT2D eigenvalue weighted by Crippen LogP contribution is 2.29. The molecule has 0 unspecified atom stereocenters. The Morgan fingerprint density at radius 2 is 1.83 bits per heavy atom. The van der Waals surface area contributed by atoms with Crippen molar-refractivity contribution in [3.05, 3.63) is 72.4 Å². The van der Waals surface area contributed by atoms with Crippen molar-refractivity contribution in [1.29, 1.82) is 0 Å². The van der Waals surface area contributed by atoms with Gasteiger partial charge in [0, 0.05) is 30.1 Å². The van der Waals surface area contributed by atoms with E-state index in [4.69, 9.17) is 10.7 Å². The van der Waals surface area contributed by atoms with Crippen molar-refractivity contribution in [3.8, 4) is 11.3 Å². The van der Waals surface area contributed by atoms with Gasteiger partial charge in [0.25, 0.3) is 0 Å². The summed E-state index contributed by atoms with van der Waals surface area (Å²) in [6.45, 7) is 0.716. The zero-order valence-corrected chi connectivity index (χ0v) is 17.1. The van der Waals surface area contributed by atoms with Crippen LogP contribution in [-0.4, -0.2) is 27.4 Å². The number of nitrogens with zero attached hydrogens (tertiary/aromatic N) is 2. The van der Waals surface area contributed by atoms with Gasteiger partial charge in [0.15, 0.2) is 0 Å². The van der Waals surface area contributed by atoms with Crippen LogP contribution in [0.3, 0.4) is 0 Å². The molecular formula is C24H29N5O. The molecule has 0 saturated heterocycles. The molecule has 1 aliphatic rings. The van der Waals surface area contributed by atoms with Crippen LogP contribution in [0.2, 0.25) is 0 Å². The molecule has 4 N–H and O–H groups in total. The number of hydrogen-bond donors (Lipinski definition) is 3. The second-order valence-corrected chi connectivity index (χ2v) is 8.11. The molecule has 6 heteroatoms. The molecule has 2 heterocycles. The third-order valence-electron chi connectivity index (χ3n) is 6.05. The molecule has 0 bridgehead atoms. The first kappa shape index (κ1) is 20.3. The average molecular weight is 404 g/mol. The number of aromatic amines is 1. The van der Waals surface area contributed by atoms with Gasteiger partial charge in [0.2, 0.25) is 5.91 Å². The van der Waals surface area contributed by atoms with Crippen molar-refractivity contribution >= 4 is 5.91 Å². The van der Waals surface area contributed by atoms with Gasteiger partial charge in [-0.05, 0) is 62.3 Å². The van der Waals surface area contributed by atoms with Crippen LogP contribution in [0.4, 0.5) is 0 Å². The molecule has 4 rings (SSSR count). The molecule has 0 spiro atoms. The molecule has 2 aromatic heterocycles. The molecule has 156 valence electrons. The zero-order valence-electron chi connectivity index (χ0n) is 17.1. The van der Waals surface area contributed by atoms with Gasteiger partial charge in [0.1, 0.15) is 5.82 Å². The molecule has 30 heavy (non-hydrogen) atoms. The lowest BCUT2D eigenvalue weighted by atomic mass is 9.81. The van der Waals surface area contributed by atoms with E-state index in [0.29, 0.717) is 18.9 Å². The van der Waals surface area contributed by atoms with Crippen molar-refractivity contribution in [2.24, 2.45) is 17.6 Å². The second kappa shape index (κ2) is 9.67. The fraction of sp³-hybridized carbons (Fsp3) is 0.375. The van der Waals surface area contributed by atoms with E-state index in [1.54, 1.807) is 12.4 Å². The summed E-state index contributed by atoms with van der Waals surface area (Å²) in [5.41, 5.74) is 8.84. The zero-order chi connectivity index (χ0) is 20.8. The van der Waals surface area contributed by atoms with Crippen molar-refractivity contribution in [2.75, 3.05) is 6.54 Å². The fourth-order valence-electron chi connectivity index (χ4n) is 4.19. The standard InChI is InChI=1S/C24H29N5O/c25-15-18-6-8-20(9-7-18)24(30)29-21(14-17-10-12-26-13-11-17)23-27-16-22(28-23)19-4-2-1-3-5-19/h1-5,10-13,16,18,20-21H,6-9,14-15,25H2,(H,27,28)(H,29,30)/t18-,20-,21-/m0/s1. The number of nitrogens with two attached hydrogens (primary N) is 1. The molecular weight excluding hydrogens is 374 g/mol. The lowest BCUT2D eigenvalue weighted by molar-refractivity contribution is -0.127. The van der Waals surface area contributed by atoms with Crippen LogP contribution in [0.25, 0.3) is 11.3 Å². The maximum absolute atomic E-state index is 13.0. The Kier molecular flexibility index (Phi) is 6.54. The van der Waals surface area contributed by atoms with Crippen molar-refractivity contribution in [2.45, 2.75) is 38.1 Å². The predicted octanol–water partition coefficient (Wildman–Crippen LogP) is 3.64. The number of pyridine rings is 1. The monoisotopic (exact) mass is 403 g/mol. The Labute approximate surface area is 177 Å². The molecule has 1 fully saturated rings. The lowest BCUT2D eigenvalue weighted by Crippen LogP contribution is -2.37. The summed E-state index contributed by atoms with van der Waals surface area (Å²) in [6.07, 6.45) is 9.99. The second-order valence-electron chi connectivity index (χ2n) is 8.11. The number of carbonyl (C=O) groups excluding carboxylic acids is 1. The van der Waals surface area contributed by atoms with E-state index in [2.05, 4.69) is 15.3 Å². The van der Waals surface area contributed by atoms with Gasteiger partial charge in [0.05, 0.1) is 11.7 Å². The van der Waals surface area contributed by atoms with E-state index in [0.717, 1.165) is 48.3 Å². The van der Waals surface area contributed by atoms with Crippen molar-refractivity contribution in [1.82, 2.24) is 20.3 Å². The van der Waals surface area contributed by atoms with Gasteiger partial charge in [-0.25, -0.2) is 4.98 Å². The van der Waals surface area contributed by atoms with E-state index < -0.39 is 0 Å². The fourth-order valence-corrected chi connectivity index (χ4v) is 4.19. The van der Waals surface area contributed by atoms with E-state index in [1.165, 1.54) is 0 Å². The summed E-state index contributed by atoms with van der Waals surface area (Å²) in [5, 5.41) is 3.26. The van der Waals surface area contributed by atoms with Crippen LogP contribution in [-0.2, 0) is 11.2 Å². The smallest absolute Gasteiger partial charge is 0.223 e. The Morgan fingerprint density at radius 3 is 2.53 bits per heavy atom. The SMILES string of the molecule is NC[C@H]1CC[C@H](C(=O)N[C@@H](Cc2ccncc2)c2nc(-c3ccccc3)c[nH]2)CC1. The van der Waals surface area contributed by atoms with E-state index in [-0.39, 0.29) is 17.9 Å². The highest BCUT2D eigenvalue weighted by molar-refractivity contribution is 5.79. The normalized spacial score (nSPS) is 19.9. The Balaban J connectivity index is 1.51. The Morgan fingerprint density at radius 1 is 1.10 bits per heavy atom. The van der Waals surface area contributed by atoms with Crippen LogP contribution in [0.1, 0.15) is 43.1 Å². The summed E-state index contributed by atoms with van der Waals surface area (Å²) in [6, 6.07) is 13.8. The summed E-state index contributed by atoms with van der Waals surface area (Å²) >= 11 is 0. The quantitative estimate of drug-likeness (QED) is 0.561. The number of rotatable bonds is 7. The minimum absolute atomic E-state index is 0.0521. The third-order valence-corrected chi connectivity index (χ3v) is 6.05. The highest BCUT2D eigenvalue weighted by atomic mass is 16.1. The largest absolute Gasteiger partial charge is 0.346 e. The first-order valence-corrected chi connectivity index (χ1v) is 10.7. The van der Waals surface area contributed by atoms with E-state index in [1.807, 2.05) is 48.7 Å². The number of benzene rings is 1. The molecule has 3 aromatic rings. The summed E-state index contributed by atoms with van der Waals surface area (Å²) < 4.78 is 0. The Bertz CT molecular complexity index is 932. The average Bonchev–Trinajstić information content (AvgIpc) is 3.30. The van der Waals surface area contributed by atoms with Crippen LogP contribution in [0, 0.1) is 11.8 Å². The van der Waals surface area contributed by atoms with Crippen LogP contribution < -0.4 is 11.1 Å². The van der Waals surface area contributed by atoms with Crippen molar-refractivity contribution < 1.29 is 4.79 Å². The summed E-state index contributed by atoms with van der Waals surface area (Å²) in [4.78, 5) is 25.2. The van der Waals surface area contributed by atoms with E-state index in [9.17, 15) is 4.79 Å². The van der Waals surface area contributed by atoms with Crippen LogP contribution >= 0.6 is 0 Å². The van der Waals surface area contributed by atoms with Gasteiger partial charge < -0.3 is 16.0 Å². The van der Waals surface area contributed by atoms with E-state index >= 15 is 0 Å². The lowest BCUT2D eigenvalue weighted by Gasteiger charge is -2.28. The van der Waals surface area contributed by atoms with Gasteiger partial charge in [-0.3, -0.25) is 9.78 Å². The van der Waals surface area contributed by atoms with Gasteiger partial charge in [-0.15, -0.1) is 0 Å². The van der Waals surface area contributed by atoms with Gasteiger partial charge in [-0.2, -0.15) is 0 Å². The molecule has 1 amide bonds. The summed E-state index contributed by atoms with van der Waals surface area (Å²) in [5.74, 6) is 1.49. The topological polar surface area (TPSA) is 96.7 Å². The third kappa shape index (κ3) is 4.94. The van der Waals surface area contributed by atoms with Crippen LogP contribution in [0.15, 0.2) is 61.1 Å². The van der Waals surface area contributed by atoms with Gasteiger partial charge in [-0.1, -0.05) is 30.3 Å². The molecule has 0 aliphatic heterocycles. The number of hydrogen-bond acceptors (Lipinski definition) is 4. The van der Waals surface area contributed by atoms with Crippen LogP contribution in [0.5, 0.6) is 0 Å². The highest BCUT2D eigenvalue weighted by Gasteiger charge is 2.28. The number of carbonyl (C=O) groups is 1. The molecule has 1 aliphatic carbocycles. The predicted molar refractivity (Wildman–Crippen MR) is 117 cm³/mol. The molecule has 0 radical (unpaired) electrons. The maximum atomic E-state index is 13.0. The molecule has 1 atom stereocenters. The summed E-state index contributed by atoms with van der Waals surface area (Å²) in [7, 11) is 0. The minimum Gasteiger partial charge on any atom is -0.346 e. The number of aromatic nitrogens is 3. The minimum atomic E-state index is -0.218. The number of amides is 1. The maximum Gasteiger partial charge on any atom is 0.223 e. The number of nitrogens with one attached hydrogen (secondary N) is 2. The molecule has 1 aromatic carbocycles. The Hall–Kier alpha value is -2.99. The van der Waals surface area contributed by atoms with Gasteiger partial charge >= 0.3 is 0 Å².